The van der Waals surface area contributed by atoms with Gasteiger partial charge >= 0.3 is 6.18 Å². The fraction of sp³-hybridized carbons (Fsp3) is 0.211. The summed E-state index contributed by atoms with van der Waals surface area (Å²) in [5, 5.41) is 2.53. The minimum Gasteiger partial charge on any atom is -0.352 e. The quantitative estimate of drug-likeness (QED) is 0.752. The van der Waals surface area contributed by atoms with E-state index < -0.39 is 11.7 Å². The third kappa shape index (κ3) is 4.36. The molecule has 0 aliphatic heterocycles. The van der Waals surface area contributed by atoms with Gasteiger partial charge in [0, 0.05) is 19.2 Å². The number of carbonyl (C=O) groups is 1. The number of para-hydroxylation sites is 2. The van der Waals surface area contributed by atoms with Crippen molar-refractivity contribution in [2.75, 3.05) is 0 Å². The molecule has 0 aliphatic carbocycles. The summed E-state index contributed by atoms with van der Waals surface area (Å²) in [5.41, 5.74) is 1.48. The molecule has 0 saturated heterocycles. The van der Waals surface area contributed by atoms with Crippen LogP contribution in [0.15, 0.2) is 54.7 Å². The van der Waals surface area contributed by atoms with E-state index in [1.54, 1.807) is 6.20 Å². The number of hydrogen-bond donors (Lipinski definition) is 1. The maximum atomic E-state index is 12.9. The normalized spacial score (nSPS) is 11.5. The number of benzene rings is 2. The van der Waals surface area contributed by atoms with E-state index in [1.165, 1.54) is 18.2 Å². The molecule has 0 fully saturated rings. The SMILES string of the molecule is O=C(CCc1cnc2ccccc2n1)NCc1ccccc1C(F)(F)F. The molecule has 1 amide bonds. The van der Waals surface area contributed by atoms with Gasteiger partial charge in [-0.15, -0.1) is 0 Å². The molecular formula is C19H16F3N3O. The van der Waals surface area contributed by atoms with E-state index in [0.29, 0.717) is 12.1 Å². The fourth-order valence-electron chi connectivity index (χ4n) is 2.59. The third-order valence-electron chi connectivity index (χ3n) is 3.91. The lowest BCUT2D eigenvalue weighted by Gasteiger charge is -2.13. The first-order chi connectivity index (χ1) is 12.4. The van der Waals surface area contributed by atoms with Gasteiger partial charge in [0.25, 0.3) is 0 Å². The second kappa shape index (κ2) is 7.51. The van der Waals surface area contributed by atoms with Crippen LogP contribution in [0.3, 0.4) is 0 Å². The van der Waals surface area contributed by atoms with Crippen LogP contribution in [0.1, 0.15) is 23.2 Å². The Balaban J connectivity index is 1.58. The zero-order chi connectivity index (χ0) is 18.6. The number of amides is 1. The summed E-state index contributed by atoms with van der Waals surface area (Å²) < 4.78 is 38.8. The number of halogens is 3. The Hall–Kier alpha value is -2.96. The number of nitrogens with one attached hydrogen (secondary N) is 1. The third-order valence-corrected chi connectivity index (χ3v) is 3.91. The largest absolute Gasteiger partial charge is 0.416 e. The van der Waals surface area contributed by atoms with Crippen molar-refractivity contribution in [2.24, 2.45) is 0 Å². The van der Waals surface area contributed by atoms with Crippen molar-refractivity contribution in [1.29, 1.82) is 0 Å². The molecule has 0 atom stereocenters. The van der Waals surface area contributed by atoms with Crippen LogP contribution in [0.2, 0.25) is 0 Å². The van der Waals surface area contributed by atoms with Gasteiger partial charge in [-0.2, -0.15) is 13.2 Å². The van der Waals surface area contributed by atoms with Crippen LogP contribution in [0.4, 0.5) is 13.2 Å². The van der Waals surface area contributed by atoms with Crippen LogP contribution in [0, 0.1) is 0 Å². The minimum atomic E-state index is -4.44. The lowest BCUT2D eigenvalue weighted by atomic mass is 10.1. The molecule has 0 saturated carbocycles. The number of aryl methyl sites for hydroxylation is 1. The van der Waals surface area contributed by atoms with E-state index in [-0.39, 0.29) is 24.4 Å². The summed E-state index contributed by atoms with van der Waals surface area (Å²) in [5.74, 6) is -0.336. The molecule has 7 heteroatoms. The van der Waals surface area contributed by atoms with Crippen LogP contribution in [0.25, 0.3) is 11.0 Å². The molecule has 3 rings (SSSR count). The maximum Gasteiger partial charge on any atom is 0.416 e. The highest BCUT2D eigenvalue weighted by Gasteiger charge is 2.32. The maximum absolute atomic E-state index is 12.9. The summed E-state index contributed by atoms with van der Waals surface area (Å²) in [6.45, 7) is -0.169. The first-order valence-corrected chi connectivity index (χ1v) is 8.06. The summed E-state index contributed by atoms with van der Waals surface area (Å²) in [6.07, 6.45) is -2.34. The predicted octanol–water partition coefficient (Wildman–Crippen LogP) is 3.90. The van der Waals surface area contributed by atoms with Crippen LogP contribution in [0.5, 0.6) is 0 Å². The van der Waals surface area contributed by atoms with Gasteiger partial charge in [-0.1, -0.05) is 30.3 Å². The van der Waals surface area contributed by atoms with Crippen LogP contribution < -0.4 is 5.32 Å². The Bertz CT molecular complexity index is 925. The topological polar surface area (TPSA) is 54.9 Å². The fourth-order valence-corrected chi connectivity index (χ4v) is 2.59. The van der Waals surface area contributed by atoms with E-state index in [9.17, 15) is 18.0 Å². The lowest BCUT2D eigenvalue weighted by Crippen LogP contribution is -2.24. The molecule has 26 heavy (non-hydrogen) atoms. The van der Waals surface area contributed by atoms with Crippen LogP contribution in [-0.2, 0) is 23.9 Å². The second-order valence-electron chi connectivity index (χ2n) is 5.78. The van der Waals surface area contributed by atoms with Crippen molar-refractivity contribution >= 4 is 16.9 Å². The Kier molecular flexibility index (Phi) is 5.16. The zero-order valence-electron chi connectivity index (χ0n) is 13.8. The Morgan fingerprint density at radius 2 is 1.69 bits per heavy atom. The highest BCUT2D eigenvalue weighted by atomic mass is 19.4. The average Bonchev–Trinajstić information content (AvgIpc) is 2.64. The molecule has 2 aromatic carbocycles. The molecule has 4 nitrogen and oxygen atoms in total. The van der Waals surface area contributed by atoms with Gasteiger partial charge in [0.2, 0.25) is 5.91 Å². The van der Waals surface area contributed by atoms with Crippen LogP contribution in [-0.4, -0.2) is 15.9 Å². The summed E-state index contributed by atoms with van der Waals surface area (Å²) in [6, 6.07) is 12.6. The minimum absolute atomic E-state index is 0.0406. The van der Waals surface area contributed by atoms with Gasteiger partial charge in [0.15, 0.2) is 0 Å². The van der Waals surface area contributed by atoms with Crippen molar-refractivity contribution in [1.82, 2.24) is 15.3 Å². The molecule has 1 heterocycles. The number of fused-ring (bicyclic) bond motifs is 1. The van der Waals surface area contributed by atoms with E-state index in [1.807, 2.05) is 24.3 Å². The van der Waals surface area contributed by atoms with Crippen molar-refractivity contribution in [2.45, 2.75) is 25.6 Å². The van der Waals surface area contributed by atoms with Crippen molar-refractivity contribution in [3.63, 3.8) is 0 Å². The number of carbonyl (C=O) groups excluding carboxylic acids is 1. The monoisotopic (exact) mass is 359 g/mol. The first kappa shape index (κ1) is 17.8. The summed E-state index contributed by atoms with van der Waals surface area (Å²) >= 11 is 0. The van der Waals surface area contributed by atoms with Gasteiger partial charge in [0.1, 0.15) is 0 Å². The molecular weight excluding hydrogens is 343 g/mol. The summed E-state index contributed by atoms with van der Waals surface area (Å²) in [4.78, 5) is 20.7. The van der Waals surface area contributed by atoms with Gasteiger partial charge in [-0.25, -0.2) is 4.98 Å². The van der Waals surface area contributed by atoms with E-state index >= 15 is 0 Å². The van der Waals surface area contributed by atoms with Crippen molar-refractivity contribution in [3.05, 3.63) is 71.5 Å². The molecule has 0 unspecified atom stereocenters. The van der Waals surface area contributed by atoms with Gasteiger partial charge in [-0.3, -0.25) is 9.78 Å². The average molecular weight is 359 g/mol. The van der Waals surface area contributed by atoms with Crippen molar-refractivity contribution in [3.8, 4) is 0 Å². The highest BCUT2D eigenvalue weighted by molar-refractivity contribution is 5.76. The second-order valence-corrected chi connectivity index (χ2v) is 5.78. The number of nitrogens with zero attached hydrogens (tertiary/aromatic N) is 2. The standard InChI is InChI=1S/C19H16F3N3O/c20-19(21,22)15-6-2-1-5-13(15)11-24-18(26)10-9-14-12-23-16-7-3-4-8-17(16)25-14/h1-8,12H,9-11H2,(H,24,26). The lowest BCUT2D eigenvalue weighted by molar-refractivity contribution is -0.138. The first-order valence-electron chi connectivity index (χ1n) is 8.06. The van der Waals surface area contributed by atoms with Gasteiger partial charge in [0.05, 0.1) is 22.3 Å². The number of alkyl halides is 3. The van der Waals surface area contributed by atoms with E-state index in [2.05, 4.69) is 15.3 Å². The Morgan fingerprint density at radius 3 is 2.46 bits per heavy atom. The van der Waals surface area contributed by atoms with Gasteiger partial charge in [-0.05, 0) is 30.2 Å². The van der Waals surface area contributed by atoms with Gasteiger partial charge < -0.3 is 5.32 Å². The summed E-state index contributed by atoms with van der Waals surface area (Å²) in [7, 11) is 0. The molecule has 3 aromatic rings. The van der Waals surface area contributed by atoms with Crippen LogP contribution >= 0.6 is 0 Å². The molecule has 134 valence electrons. The van der Waals surface area contributed by atoms with E-state index in [4.69, 9.17) is 0 Å². The Labute approximate surface area is 148 Å². The molecule has 0 spiro atoms. The van der Waals surface area contributed by atoms with E-state index in [0.717, 1.165) is 17.1 Å². The molecule has 1 aromatic heterocycles. The highest BCUT2D eigenvalue weighted by Crippen LogP contribution is 2.31. The molecule has 0 bridgehead atoms. The molecule has 0 radical (unpaired) electrons. The van der Waals surface area contributed by atoms with Crippen molar-refractivity contribution < 1.29 is 18.0 Å². The predicted molar refractivity (Wildman–Crippen MR) is 91.1 cm³/mol. The Morgan fingerprint density at radius 1 is 1.00 bits per heavy atom. The number of aromatic nitrogens is 2. The number of hydrogen-bond acceptors (Lipinski definition) is 3. The molecule has 0 aliphatic rings. The zero-order valence-corrected chi connectivity index (χ0v) is 13.8. The smallest absolute Gasteiger partial charge is 0.352 e. The number of rotatable bonds is 5. The molecule has 1 N–H and O–H groups in total.